The van der Waals surface area contributed by atoms with E-state index < -0.39 is 16.1 Å². The van der Waals surface area contributed by atoms with Crippen molar-refractivity contribution in [2.45, 2.75) is 37.8 Å². The molecule has 1 aromatic carbocycles. The van der Waals surface area contributed by atoms with Gasteiger partial charge in [0, 0.05) is 0 Å². The van der Waals surface area contributed by atoms with Gasteiger partial charge in [0.2, 0.25) is 15.9 Å². The van der Waals surface area contributed by atoms with Gasteiger partial charge < -0.3 is 9.63 Å². The van der Waals surface area contributed by atoms with Gasteiger partial charge in [0.15, 0.2) is 5.82 Å². The summed E-state index contributed by atoms with van der Waals surface area (Å²) in [6.07, 6.45) is -0.170. The third-order valence-electron chi connectivity index (χ3n) is 2.92. The quantitative estimate of drug-likeness (QED) is 0.833. The van der Waals surface area contributed by atoms with E-state index in [-0.39, 0.29) is 17.3 Å². The predicted molar refractivity (Wildman–Crippen MR) is 74.8 cm³/mol. The molecule has 1 unspecified atom stereocenters. The number of aliphatic hydroxyl groups is 1. The van der Waals surface area contributed by atoms with Crippen LogP contribution in [-0.2, 0) is 16.6 Å². The van der Waals surface area contributed by atoms with E-state index in [4.69, 9.17) is 4.52 Å². The van der Waals surface area contributed by atoms with Crippen LogP contribution >= 0.6 is 0 Å². The van der Waals surface area contributed by atoms with Crippen molar-refractivity contribution in [1.82, 2.24) is 14.9 Å². The summed E-state index contributed by atoms with van der Waals surface area (Å²) in [5.74, 6) is 0.637. The molecule has 0 fully saturated rings. The fourth-order valence-corrected chi connectivity index (χ4v) is 2.81. The van der Waals surface area contributed by atoms with Gasteiger partial charge in [0.1, 0.15) is 0 Å². The molecule has 2 aromatic rings. The number of aromatic nitrogens is 2. The fourth-order valence-electron chi connectivity index (χ4n) is 1.78. The minimum Gasteiger partial charge on any atom is -0.388 e. The minimum atomic E-state index is -3.70. The van der Waals surface area contributed by atoms with Crippen LogP contribution < -0.4 is 4.72 Å². The van der Waals surface area contributed by atoms with Crippen molar-refractivity contribution >= 4 is 10.0 Å². The molecule has 7 nitrogen and oxygen atoms in total. The van der Waals surface area contributed by atoms with Gasteiger partial charge in [-0.05, 0) is 31.0 Å². The van der Waals surface area contributed by atoms with Gasteiger partial charge in [0.05, 0.1) is 17.5 Å². The summed E-state index contributed by atoms with van der Waals surface area (Å²) in [5.41, 5.74) is 0.564. The van der Waals surface area contributed by atoms with Crippen LogP contribution in [0.2, 0.25) is 0 Å². The van der Waals surface area contributed by atoms with E-state index in [2.05, 4.69) is 14.9 Å². The van der Waals surface area contributed by atoms with Crippen molar-refractivity contribution in [3.05, 3.63) is 41.5 Å². The molecule has 2 N–H and O–H groups in total. The van der Waals surface area contributed by atoms with Gasteiger partial charge in [0.25, 0.3) is 0 Å². The van der Waals surface area contributed by atoms with Crippen LogP contribution in [0.5, 0.6) is 0 Å². The molecule has 0 aliphatic rings. The standard InChI is InChI=1S/C13H17N3O4S/c1-3-12(17)10-5-4-6-11(7-10)21(18,19)14-8-13-15-9(2)16-20-13/h4-7,12,14,17H,3,8H2,1-2H3. The molecule has 0 spiro atoms. The molecule has 0 radical (unpaired) electrons. The third-order valence-corrected chi connectivity index (χ3v) is 4.32. The zero-order chi connectivity index (χ0) is 15.5. The molecule has 8 heteroatoms. The first-order chi connectivity index (χ1) is 9.92. The number of sulfonamides is 1. The van der Waals surface area contributed by atoms with Gasteiger partial charge in [-0.3, -0.25) is 0 Å². The highest BCUT2D eigenvalue weighted by atomic mass is 32.2. The molecule has 0 amide bonds. The second kappa shape index (κ2) is 6.33. The van der Waals surface area contributed by atoms with E-state index in [9.17, 15) is 13.5 Å². The van der Waals surface area contributed by atoms with E-state index in [1.54, 1.807) is 19.1 Å². The highest BCUT2D eigenvalue weighted by molar-refractivity contribution is 7.89. The first-order valence-electron chi connectivity index (χ1n) is 6.49. The Morgan fingerprint density at radius 3 is 2.81 bits per heavy atom. The summed E-state index contributed by atoms with van der Waals surface area (Å²) in [6.45, 7) is 3.39. The number of rotatable bonds is 6. The Kier molecular flexibility index (Phi) is 4.71. The molecule has 114 valence electrons. The molecule has 0 aliphatic heterocycles. The number of aliphatic hydroxyl groups excluding tert-OH is 1. The summed E-state index contributed by atoms with van der Waals surface area (Å²) in [5, 5.41) is 13.4. The normalized spacial score (nSPS) is 13.3. The molecule has 21 heavy (non-hydrogen) atoms. The van der Waals surface area contributed by atoms with Crippen molar-refractivity contribution < 1.29 is 18.0 Å². The summed E-state index contributed by atoms with van der Waals surface area (Å²) in [4.78, 5) is 4.01. The zero-order valence-corrected chi connectivity index (χ0v) is 12.6. The largest absolute Gasteiger partial charge is 0.388 e. The summed E-state index contributed by atoms with van der Waals surface area (Å²) < 4.78 is 31.6. The van der Waals surface area contributed by atoms with Gasteiger partial charge in [-0.2, -0.15) is 4.98 Å². The van der Waals surface area contributed by atoms with Crippen LogP contribution in [-0.4, -0.2) is 23.7 Å². The molecule has 0 bridgehead atoms. The molecular formula is C13H17N3O4S. The van der Waals surface area contributed by atoms with Gasteiger partial charge in [-0.1, -0.05) is 24.2 Å². The summed E-state index contributed by atoms with van der Waals surface area (Å²) in [6, 6.07) is 6.21. The fraction of sp³-hybridized carbons (Fsp3) is 0.385. The molecular weight excluding hydrogens is 294 g/mol. The van der Waals surface area contributed by atoms with E-state index in [0.29, 0.717) is 17.8 Å². The Hall–Kier alpha value is -1.77. The Balaban J connectivity index is 2.15. The Morgan fingerprint density at radius 1 is 1.43 bits per heavy atom. The van der Waals surface area contributed by atoms with Crippen molar-refractivity contribution in [3.63, 3.8) is 0 Å². The maximum absolute atomic E-state index is 12.2. The van der Waals surface area contributed by atoms with Crippen LogP contribution in [0.1, 0.15) is 36.7 Å². The molecule has 0 aliphatic carbocycles. The SMILES string of the molecule is CCC(O)c1cccc(S(=O)(=O)NCc2nc(C)no2)c1. The van der Waals surface area contributed by atoms with Crippen molar-refractivity contribution in [2.75, 3.05) is 0 Å². The monoisotopic (exact) mass is 311 g/mol. The second-order valence-corrected chi connectivity index (χ2v) is 6.32. The van der Waals surface area contributed by atoms with Crippen molar-refractivity contribution in [1.29, 1.82) is 0 Å². The number of hydrogen-bond donors (Lipinski definition) is 2. The topological polar surface area (TPSA) is 105 Å². The Morgan fingerprint density at radius 2 is 2.19 bits per heavy atom. The number of nitrogens with zero attached hydrogens (tertiary/aromatic N) is 2. The lowest BCUT2D eigenvalue weighted by atomic mass is 10.1. The maximum atomic E-state index is 12.2. The summed E-state index contributed by atoms with van der Waals surface area (Å²) >= 11 is 0. The third kappa shape index (κ3) is 3.87. The number of aryl methyl sites for hydroxylation is 1. The van der Waals surface area contributed by atoms with E-state index >= 15 is 0 Å². The molecule has 1 aromatic heterocycles. The highest BCUT2D eigenvalue weighted by Gasteiger charge is 2.17. The Bertz CT molecular complexity index is 712. The van der Waals surface area contributed by atoms with Crippen LogP contribution in [0.25, 0.3) is 0 Å². The van der Waals surface area contributed by atoms with Gasteiger partial charge >= 0.3 is 0 Å². The average Bonchev–Trinajstić information content (AvgIpc) is 2.90. The molecule has 1 atom stereocenters. The van der Waals surface area contributed by atoms with Gasteiger partial charge in [-0.25, -0.2) is 13.1 Å². The molecule has 2 rings (SSSR count). The van der Waals surface area contributed by atoms with Gasteiger partial charge in [-0.15, -0.1) is 0 Å². The van der Waals surface area contributed by atoms with E-state index in [0.717, 1.165) is 0 Å². The number of benzene rings is 1. The lowest BCUT2D eigenvalue weighted by Crippen LogP contribution is -2.23. The molecule has 1 heterocycles. The molecule has 0 saturated carbocycles. The molecule has 0 saturated heterocycles. The predicted octanol–water partition coefficient (Wildman–Crippen LogP) is 1.30. The first kappa shape index (κ1) is 15.6. The Labute approximate surface area is 123 Å². The van der Waals surface area contributed by atoms with Crippen molar-refractivity contribution in [3.8, 4) is 0 Å². The van der Waals surface area contributed by atoms with E-state index in [1.807, 2.05) is 6.92 Å². The average molecular weight is 311 g/mol. The maximum Gasteiger partial charge on any atom is 0.241 e. The smallest absolute Gasteiger partial charge is 0.241 e. The minimum absolute atomic E-state index is 0.0796. The first-order valence-corrected chi connectivity index (χ1v) is 7.97. The highest BCUT2D eigenvalue weighted by Crippen LogP contribution is 2.19. The van der Waals surface area contributed by atoms with Crippen LogP contribution in [0.15, 0.2) is 33.7 Å². The lowest BCUT2D eigenvalue weighted by Gasteiger charge is -2.10. The summed E-state index contributed by atoms with van der Waals surface area (Å²) in [7, 11) is -3.70. The number of nitrogens with one attached hydrogen (secondary N) is 1. The van der Waals surface area contributed by atoms with E-state index in [1.165, 1.54) is 12.1 Å². The number of hydrogen-bond acceptors (Lipinski definition) is 6. The lowest BCUT2D eigenvalue weighted by molar-refractivity contribution is 0.173. The zero-order valence-electron chi connectivity index (χ0n) is 11.8. The van der Waals surface area contributed by atoms with Crippen LogP contribution in [0, 0.1) is 6.92 Å². The second-order valence-electron chi connectivity index (χ2n) is 4.56. The van der Waals surface area contributed by atoms with Crippen LogP contribution in [0.4, 0.5) is 0 Å². The van der Waals surface area contributed by atoms with Crippen LogP contribution in [0.3, 0.4) is 0 Å². The van der Waals surface area contributed by atoms with Crippen molar-refractivity contribution in [2.24, 2.45) is 0 Å².